The molecule has 0 saturated carbocycles. The Morgan fingerprint density at radius 1 is 1.23 bits per heavy atom. The van der Waals surface area contributed by atoms with Gasteiger partial charge < -0.3 is 5.32 Å². The highest BCUT2D eigenvalue weighted by Crippen LogP contribution is 2.35. The summed E-state index contributed by atoms with van der Waals surface area (Å²) in [6.07, 6.45) is 0. The van der Waals surface area contributed by atoms with Crippen LogP contribution in [0.4, 0.5) is 10.8 Å². The van der Waals surface area contributed by atoms with Gasteiger partial charge in [0.25, 0.3) is 11.6 Å². The van der Waals surface area contributed by atoms with Gasteiger partial charge >= 0.3 is 0 Å². The Balaban J connectivity index is 1.76. The van der Waals surface area contributed by atoms with Gasteiger partial charge in [0.15, 0.2) is 10.2 Å². The second kappa shape index (κ2) is 7.50. The molecule has 0 aliphatic carbocycles. The van der Waals surface area contributed by atoms with Crippen LogP contribution >= 0.6 is 46.8 Å². The minimum atomic E-state index is -0.697. The van der Waals surface area contributed by atoms with Crippen LogP contribution in [0.3, 0.4) is 0 Å². The Morgan fingerprint density at radius 3 is 2.69 bits per heavy atom. The number of halogens is 2. The normalized spacial score (nSPS) is 10.5. The predicted octanol–water partition coefficient (Wildman–Crippen LogP) is 4.64. The molecule has 0 atom stereocenters. The van der Waals surface area contributed by atoms with Gasteiger partial charge in [0.2, 0.25) is 0 Å². The number of thiazole rings is 1. The highest BCUT2D eigenvalue weighted by atomic mass is 35.5. The third-order valence-electron chi connectivity index (χ3n) is 3.24. The van der Waals surface area contributed by atoms with E-state index in [2.05, 4.69) is 15.6 Å². The molecule has 0 saturated heterocycles. The van der Waals surface area contributed by atoms with E-state index in [9.17, 15) is 14.9 Å². The number of para-hydroxylation sites is 1. The maximum absolute atomic E-state index is 12.2. The highest BCUT2D eigenvalue weighted by Gasteiger charge is 2.20. The summed E-state index contributed by atoms with van der Waals surface area (Å²) in [5.74, 6) is -0.697. The molecule has 26 heavy (non-hydrogen) atoms. The van der Waals surface area contributed by atoms with E-state index >= 15 is 0 Å². The first kappa shape index (κ1) is 18.5. The molecule has 1 aromatic heterocycles. The molecule has 0 spiro atoms. The molecule has 1 heterocycles. The Labute approximate surface area is 166 Å². The fourth-order valence-electron chi connectivity index (χ4n) is 2.11. The van der Waals surface area contributed by atoms with Crippen LogP contribution < -0.4 is 10.6 Å². The smallest absolute Gasteiger partial charge is 0.282 e. The fraction of sp³-hybridized carbons (Fsp3) is 0. The van der Waals surface area contributed by atoms with Crippen molar-refractivity contribution >= 4 is 78.8 Å². The monoisotopic (exact) mass is 426 g/mol. The first-order valence-electron chi connectivity index (χ1n) is 6.97. The Bertz CT molecular complexity index is 1050. The van der Waals surface area contributed by atoms with Crippen molar-refractivity contribution in [1.82, 2.24) is 10.3 Å². The Hall–Kier alpha value is -2.33. The number of thiocarbonyl (C=S) groups is 1. The van der Waals surface area contributed by atoms with Gasteiger partial charge in [0, 0.05) is 6.07 Å². The summed E-state index contributed by atoms with van der Waals surface area (Å²) in [4.78, 5) is 26.9. The molecule has 0 radical (unpaired) electrons. The molecule has 3 rings (SSSR count). The summed E-state index contributed by atoms with van der Waals surface area (Å²) in [5, 5.41) is 17.2. The number of hydrogen-bond donors (Lipinski definition) is 2. The van der Waals surface area contributed by atoms with Crippen molar-refractivity contribution < 1.29 is 9.72 Å². The zero-order chi connectivity index (χ0) is 18.8. The summed E-state index contributed by atoms with van der Waals surface area (Å²) >= 11 is 18.4. The van der Waals surface area contributed by atoms with Gasteiger partial charge in [0.1, 0.15) is 11.1 Å². The lowest BCUT2D eigenvalue weighted by molar-refractivity contribution is -0.385. The Morgan fingerprint density at radius 2 is 1.96 bits per heavy atom. The molecule has 7 nitrogen and oxygen atoms in total. The summed E-state index contributed by atoms with van der Waals surface area (Å²) < 4.78 is 0.787. The molecule has 0 unspecified atom stereocenters. The van der Waals surface area contributed by atoms with Crippen LogP contribution in [0.25, 0.3) is 10.2 Å². The number of nitro benzene ring substituents is 1. The number of fused-ring (bicyclic) bond motifs is 1. The van der Waals surface area contributed by atoms with Gasteiger partial charge in [0.05, 0.1) is 19.7 Å². The van der Waals surface area contributed by atoms with E-state index in [1.165, 1.54) is 35.6 Å². The number of carbonyl (C=O) groups is 1. The number of benzene rings is 2. The molecule has 3 aromatic rings. The number of nitro groups is 1. The van der Waals surface area contributed by atoms with E-state index in [-0.39, 0.29) is 16.4 Å². The van der Waals surface area contributed by atoms with Gasteiger partial charge in [-0.15, -0.1) is 0 Å². The predicted molar refractivity (Wildman–Crippen MR) is 106 cm³/mol. The fourth-order valence-corrected chi connectivity index (χ4v) is 3.66. The summed E-state index contributed by atoms with van der Waals surface area (Å²) in [6.45, 7) is 0. The number of amides is 1. The number of aromatic nitrogens is 1. The number of nitrogens with zero attached hydrogens (tertiary/aromatic N) is 2. The van der Waals surface area contributed by atoms with Crippen LogP contribution in [0.5, 0.6) is 0 Å². The molecular formula is C15H8Cl2N4O3S2. The molecule has 2 N–H and O–H groups in total. The largest absolute Gasteiger partial charge is 0.308 e. The van der Waals surface area contributed by atoms with E-state index in [1.54, 1.807) is 12.1 Å². The van der Waals surface area contributed by atoms with Crippen molar-refractivity contribution in [2.75, 3.05) is 5.32 Å². The van der Waals surface area contributed by atoms with Crippen molar-refractivity contribution in [2.45, 2.75) is 0 Å². The van der Waals surface area contributed by atoms with E-state index in [1.807, 2.05) is 0 Å². The molecule has 132 valence electrons. The second-order valence-corrected chi connectivity index (χ2v) is 7.13. The van der Waals surface area contributed by atoms with Crippen LogP contribution in [-0.2, 0) is 0 Å². The average Bonchev–Trinajstić information content (AvgIpc) is 3.01. The van der Waals surface area contributed by atoms with Gasteiger partial charge in [-0.25, -0.2) is 4.98 Å². The Kier molecular flexibility index (Phi) is 5.33. The van der Waals surface area contributed by atoms with Crippen LogP contribution in [0.15, 0.2) is 36.4 Å². The summed E-state index contributed by atoms with van der Waals surface area (Å²) in [5.41, 5.74) is 0.106. The van der Waals surface area contributed by atoms with Gasteiger partial charge in [-0.2, -0.15) is 0 Å². The average molecular weight is 427 g/mol. The summed E-state index contributed by atoms with van der Waals surface area (Å²) in [6, 6.07) is 9.00. The first-order valence-corrected chi connectivity index (χ1v) is 8.95. The minimum Gasteiger partial charge on any atom is -0.308 e. The van der Waals surface area contributed by atoms with Crippen molar-refractivity contribution in [1.29, 1.82) is 0 Å². The lowest BCUT2D eigenvalue weighted by atomic mass is 10.1. The maximum Gasteiger partial charge on any atom is 0.282 e. The summed E-state index contributed by atoms with van der Waals surface area (Å²) in [7, 11) is 0. The number of rotatable bonds is 3. The lowest BCUT2D eigenvalue weighted by Gasteiger charge is -2.07. The van der Waals surface area contributed by atoms with Crippen molar-refractivity contribution in [3.8, 4) is 0 Å². The number of hydrogen-bond acceptors (Lipinski definition) is 6. The van der Waals surface area contributed by atoms with Crippen LogP contribution in [0.2, 0.25) is 10.0 Å². The second-order valence-electron chi connectivity index (χ2n) is 4.91. The van der Waals surface area contributed by atoms with Crippen molar-refractivity contribution in [3.63, 3.8) is 0 Å². The quantitative estimate of drug-likeness (QED) is 0.359. The molecule has 0 fully saturated rings. The molecule has 11 heteroatoms. The molecular weight excluding hydrogens is 419 g/mol. The maximum atomic E-state index is 12.2. The van der Waals surface area contributed by atoms with Gasteiger partial charge in [-0.3, -0.25) is 20.2 Å². The van der Waals surface area contributed by atoms with E-state index in [4.69, 9.17) is 35.4 Å². The van der Waals surface area contributed by atoms with E-state index < -0.39 is 10.8 Å². The van der Waals surface area contributed by atoms with Crippen LogP contribution in [0, 0.1) is 10.1 Å². The van der Waals surface area contributed by atoms with E-state index in [0.29, 0.717) is 20.7 Å². The lowest BCUT2D eigenvalue weighted by Crippen LogP contribution is -2.34. The van der Waals surface area contributed by atoms with Gasteiger partial charge in [-0.1, -0.05) is 46.7 Å². The number of nitrogens with one attached hydrogen (secondary N) is 2. The van der Waals surface area contributed by atoms with E-state index in [0.717, 1.165) is 4.70 Å². The van der Waals surface area contributed by atoms with Crippen LogP contribution in [-0.4, -0.2) is 20.9 Å². The SMILES string of the molecule is O=C(NC(=S)Nc1nc2c(Cl)c(Cl)ccc2s1)c1ccccc1[N+](=O)[O-]. The zero-order valence-electron chi connectivity index (χ0n) is 12.7. The standard InChI is InChI=1S/C15H8Cl2N4O3S2/c16-8-5-6-10-12(11(8)17)18-15(26-10)20-14(25)19-13(22)7-3-1-2-4-9(7)21(23)24/h1-6H,(H2,18,19,20,22,25). The first-order chi connectivity index (χ1) is 12.4. The van der Waals surface area contributed by atoms with Gasteiger partial charge in [-0.05, 0) is 30.4 Å². The third kappa shape index (κ3) is 3.75. The molecule has 0 bridgehead atoms. The molecule has 0 aliphatic rings. The zero-order valence-corrected chi connectivity index (χ0v) is 15.8. The molecule has 0 aliphatic heterocycles. The van der Waals surface area contributed by atoms with Crippen molar-refractivity contribution in [2.24, 2.45) is 0 Å². The number of carbonyl (C=O) groups excluding carboxylic acids is 1. The minimum absolute atomic E-state index is 0.0468. The molecule has 1 amide bonds. The number of anilines is 1. The topological polar surface area (TPSA) is 97.2 Å². The van der Waals surface area contributed by atoms with Crippen molar-refractivity contribution in [3.05, 3.63) is 62.1 Å². The highest BCUT2D eigenvalue weighted by molar-refractivity contribution is 7.80. The molecule has 2 aromatic carbocycles. The van der Waals surface area contributed by atoms with Crippen LogP contribution in [0.1, 0.15) is 10.4 Å². The third-order valence-corrected chi connectivity index (χ3v) is 5.18.